The first-order chi connectivity index (χ1) is 16.4. The number of nitrogens with zero attached hydrogens (tertiary/aromatic N) is 1. The number of piperidine rings is 1. The third-order valence-electron chi connectivity index (χ3n) is 5.87. The average molecular weight is 512 g/mol. The third kappa shape index (κ3) is 6.82. The fraction of sp³-hybridized carbons (Fsp3) is 0.417. The van der Waals surface area contributed by atoms with Crippen LogP contribution in [0.25, 0.3) is 0 Å². The molecule has 3 rings (SSSR count). The van der Waals surface area contributed by atoms with Crippen LogP contribution in [0, 0.1) is 6.92 Å². The van der Waals surface area contributed by atoms with E-state index >= 15 is 0 Å². The van der Waals surface area contributed by atoms with Crippen LogP contribution in [-0.2, 0) is 32.2 Å². The van der Waals surface area contributed by atoms with Gasteiger partial charge >= 0.3 is 6.18 Å². The van der Waals surface area contributed by atoms with E-state index in [4.69, 9.17) is 0 Å². The van der Waals surface area contributed by atoms with E-state index in [0.717, 1.165) is 33.6 Å². The zero-order chi connectivity index (χ0) is 25.8. The van der Waals surface area contributed by atoms with Crippen molar-refractivity contribution in [2.45, 2.75) is 56.3 Å². The van der Waals surface area contributed by atoms with E-state index in [9.17, 15) is 31.2 Å². The molecule has 0 aliphatic carbocycles. The maximum absolute atomic E-state index is 13.3. The fourth-order valence-electron chi connectivity index (χ4n) is 4.02. The number of hydrogen-bond donors (Lipinski definition) is 2. The summed E-state index contributed by atoms with van der Waals surface area (Å²) in [6.07, 6.45) is -4.05. The second-order valence-electron chi connectivity index (χ2n) is 8.62. The van der Waals surface area contributed by atoms with Crippen molar-refractivity contribution in [2.75, 3.05) is 13.1 Å². The summed E-state index contributed by atoms with van der Waals surface area (Å²) in [7, 11) is -4.36. The maximum Gasteiger partial charge on any atom is 0.417 e. The normalized spacial score (nSPS) is 16.5. The van der Waals surface area contributed by atoms with Crippen LogP contribution in [0.4, 0.5) is 13.2 Å². The predicted octanol–water partition coefficient (Wildman–Crippen LogP) is 3.03. The number of rotatable bonds is 7. The standard InChI is InChI=1S/C24H28F3N3O4S/c1-16-7-9-18(10-8-16)15-21(28-17(2)31)23(32)29-19-11-13-30(14-12-19)35(33,34)22-6-4-3-5-20(22)24(25,26)27/h3-10,19,21H,11-15H2,1-2H3,(H,28,31)(H,29,32)/t21-/m0/s1. The lowest BCUT2D eigenvalue weighted by Crippen LogP contribution is -2.53. The lowest BCUT2D eigenvalue weighted by Gasteiger charge is -2.33. The van der Waals surface area contributed by atoms with Crippen molar-refractivity contribution in [3.63, 3.8) is 0 Å². The Hall–Kier alpha value is -2.92. The minimum absolute atomic E-state index is 0.0394. The summed E-state index contributed by atoms with van der Waals surface area (Å²) in [5.41, 5.74) is 0.729. The molecule has 35 heavy (non-hydrogen) atoms. The summed E-state index contributed by atoms with van der Waals surface area (Å²) < 4.78 is 66.9. The highest BCUT2D eigenvalue weighted by atomic mass is 32.2. The Morgan fingerprint density at radius 3 is 2.23 bits per heavy atom. The largest absolute Gasteiger partial charge is 0.417 e. The van der Waals surface area contributed by atoms with Crippen LogP contribution in [0.15, 0.2) is 53.4 Å². The number of alkyl halides is 3. The number of halogens is 3. The topological polar surface area (TPSA) is 95.6 Å². The molecule has 2 aromatic carbocycles. The summed E-state index contributed by atoms with van der Waals surface area (Å²) in [6, 6.07) is 10.5. The molecule has 190 valence electrons. The molecular weight excluding hydrogens is 483 g/mol. The van der Waals surface area contributed by atoms with Crippen LogP contribution in [-0.4, -0.2) is 49.7 Å². The van der Waals surface area contributed by atoms with Crippen LogP contribution in [0.5, 0.6) is 0 Å². The van der Waals surface area contributed by atoms with E-state index in [2.05, 4.69) is 10.6 Å². The van der Waals surface area contributed by atoms with Crippen LogP contribution >= 0.6 is 0 Å². The minimum atomic E-state index is -4.80. The molecule has 2 aromatic rings. The Morgan fingerprint density at radius 2 is 1.66 bits per heavy atom. The molecule has 11 heteroatoms. The summed E-state index contributed by atoms with van der Waals surface area (Å²) in [4.78, 5) is 23.7. The summed E-state index contributed by atoms with van der Waals surface area (Å²) in [5, 5.41) is 5.49. The molecule has 2 N–H and O–H groups in total. The fourth-order valence-corrected chi connectivity index (χ4v) is 5.70. The lowest BCUT2D eigenvalue weighted by molar-refractivity contribution is -0.140. The number of carbonyl (C=O) groups is 2. The smallest absolute Gasteiger partial charge is 0.351 e. The Labute approximate surface area is 202 Å². The summed E-state index contributed by atoms with van der Waals surface area (Å²) in [6.45, 7) is 3.18. The average Bonchev–Trinajstić information content (AvgIpc) is 2.79. The molecule has 0 unspecified atom stereocenters. The van der Waals surface area contributed by atoms with Crippen molar-refractivity contribution in [1.82, 2.24) is 14.9 Å². The molecule has 1 fully saturated rings. The molecule has 2 amide bonds. The monoisotopic (exact) mass is 511 g/mol. The summed E-state index contributed by atoms with van der Waals surface area (Å²) >= 11 is 0. The van der Waals surface area contributed by atoms with Crippen LogP contribution in [0.3, 0.4) is 0 Å². The van der Waals surface area contributed by atoms with Gasteiger partial charge in [0.1, 0.15) is 6.04 Å². The highest BCUT2D eigenvalue weighted by Gasteiger charge is 2.39. The Kier molecular flexibility index (Phi) is 8.22. The van der Waals surface area contributed by atoms with Crippen molar-refractivity contribution >= 4 is 21.8 Å². The second kappa shape index (κ2) is 10.8. The first-order valence-corrected chi connectivity index (χ1v) is 12.6. The molecule has 0 bridgehead atoms. The number of aryl methyl sites for hydroxylation is 1. The molecule has 0 saturated carbocycles. The first kappa shape index (κ1) is 26.7. The molecule has 1 heterocycles. The Morgan fingerprint density at radius 1 is 1.06 bits per heavy atom. The van der Waals surface area contributed by atoms with Gasteiger partial charge in [-0.3, -0.25) is 9.59 Å². The molecule has 0 aromatic heterocycles. The minimum Gasteiger partial charge on any atom is -0.351 e. The van der Waals surface area contributed by atoms with Gasteiger partial charge in [-0.15, -0.1) is 0 Å². The van der Waals surface area contributed by atoms with E-state index in [0.29, 0.717) is 0 Å². The number of benzene rings is 2. The van der Waals surface area contributed by atoms with Gasteiger partial charge in [0.15, 0.2) is 0 Å². The van der Waals surface area contributed by atoms with Crippen LogP contribution < -0.4 is 10.6 Å². The van der Waals surface area contributed by atoms with Crippen molar-refractivity contribution < 1.29 is 31.2 Å². The van der Waals surface area contributed by atoms with Gasteiger partial charge in [0.25, 0.3) is 0 Å². The number of nitrogens with one attached hydrogen (secondary N) is 2. The van der Waals surface area contributed by atoms with Crippen molar-refractivity contribution in [3.8, 4) is 0 Å². The number of sulfonamides is 1. The van der Waals surface area contributed by atoms with Gasteiger partial charge in [0.05, 0.1) is 10.5 Å². The molecule has 1 atom stereocenters. The van der Waals surface area contributed by atoms with Gasteiger partial charge in [-0.1, -0.05) is 42.0 Å². The predicted molar refractivity (Wildman–Crippen MR) is 124 cm³/mol. The first-order valence-electron chi connectivity index (χ1n) is 11.2. The van der Waals surface area contributed by atoms with Crippen LogP contribution in [0.2, 0.25) is 0 Å². The van der Waals surface area contributed by atoms with Crippen molar-refractivity contribution in [1.29, 1.82) is 0 Å². The molecule has 0 spiro atoms. The van der Waals surface area contributed by atoms with Gasteiger partial charge in [0, 0.05) is 32.5 Å². The van der Waals surface area contributed by atoms with Gasteiger partial charge < -0.3 is 10.6 Å². The molecule has 1 aliphatic heterocycles. The Bertz CT molecular complexity index is 1160. The number of amides is 2. The maximum atomic E-state index is 13.3. The quantitative estimate of drug-likeness (QED) is 0.598. The summed E-state index contributed by atoms with van der Waals surface area (Å²) in [5.74, 6) is -0.758. The second-order valence-corrected chi connectivity index (χ2v) is 10.5. The van der Waals surface area contributed by atoms with E-state index in [1.165, 1.54) is 13.0 Å². The van der Waals surface area contributed by atoms with Gasteiger partial charge in [-0.05, 0) is 37.5 Å². The zero-order valence-electron chi connectivity index (χ0n) is 19.4. The highest BCUT2D eigenvalue weighted by Crippen LogP contribution is 2.35. The molecule has 1 saturated heterocycles. The van der Waals surface area contributed by atoms with Crippen LogP contribution in [0.1, 0.15) is 36.5 Å². The molecule has 1 aliphatic rings. The van der Waals surface area contributed by atoms with Crippen molar-refractivity contribution in [2.24, 2.45) is 0 Å². The molecule has 7 nitrogen and oxygen atoms in total. The number of carbonyl (C=O) groups excluding carboxylic acids is 2. The van der Waals surface area contributed by atoms with E-state index in [1.807, 2.05) is 31.2 Å². The van der Waals surface area contributed by atoms with Gasteiger partial charge in [0.2, 0.25) is 21.8 Å². The van der Waals surface area contributed by atoms with E-state index in [-0.39, 0.29) is 44.3 Å². The number of hydrogen-bond acceptors (Lipinski definition) is 4. The highest BCUT2D eigenvalue weighted by molar-refractivity contribution is 7.89. The van der Waals surface area contributed by atoms with E-state index < -0.39 is 38.6 Å². The SMILES string of the molecule is CC(=O)N[C@@H](Cc1ccc(C)cc1)C(=O)NC1CCN(S(=O)(=O)c2ccccc2C(F)(F)F)CC1. The third-order valence-corrected chi connectivity index (χ3v) is 7.82. The van der Waals surface area contributed by atoms with Crippen molar-refractivity contribution in [3.05, 3.63) is 65.2 Å². The Balaban J connectivity index is 1.65. The lowest BCUT2D eigenvalue weighted by atomic mass is 10.0. The zero-order valence-corrected chi connectivity index (χ0v) is 20.2. The van der Waals surface area contributed by atoms with Gasteiger partial charge in [-0.2, -0.15) is 17.5 Å². The van der Waals surface area contributed by atoms with E-state index in [1.54, 1.807) is 0 Å². The molecule has 0 radical (unpaired) electrons. The van der Waals surface area contributed by atoms with Gasteiger partial charge in [-0.25, -0.2) is 8.42 Å². The molecular formula is C24H28F3N3O4S.